The maximum Gasteiger partial charge on any atom is 0.215 e. The van der Waals surface area contributed by atoms with Crippen molar-refractivity contribution in [3.8, 4) is 10.6 Å². The Balaban J connectivity index is 2.04. The second-order valence-electron chi connectivity index (χ2n) is 4.91. The van der Waals surface area contributed by atoms with Crippen molar-refractivity contribution < 1.29 is 0 Å². The SMILES string of the molecule is CCCn1c2ccccc2n2cc(-c3cccs3)nc12. The van der Waals surface area contributed by atoms with Crippen molar-refractivity contribution >= 4 is 28.1 Å². The summed E-state index contributed by atoms with van der Waals surface area (Å²) in [6.07, 6.45) is 3.26. The highest BCUT2D eigenvalue weighted by Crippen LogP contribution is 2.28. The van der Waals surface area contributed by atoms with Crippen molar-refractivity contribution in [2.75, 3.05) is 0 Å². The Morgan fingerprint density at radius 2 is 1.95 bits per heavy atom. The van der Waals surface area contributed by atoms with Crippen LogP contribution in [0.2, 0.25) is 0 Å². The minimum Gasteiger partial charge on any atom is -0.310 e. The fourth-order valence-corrected chi connectivity index (χ4v) is 3.41. The topological polar surface area (TPSA) is 22.2 Å². The number of para-hydroxylation sites is 2. The van der Waals surface area contributed by atoms with E-state index >= 15 is 0 Å². The first-order chi connectivity index (χ1) is 9.88. The minimum absolute atomic E-state index is 0.998. The fourth-order valence-electron chi connectivity index (χ4n) is 2.73. The normalized spacial score (nSPS) is 11.7. The summed E-state index contributed by atoms with van der Waals surface area (Å²) >= 11 is 1.73. The molecule has 0 bridgehead atoms. The van der Waals surface area contributed by atoms with Gasteiger partial charge in [-0.3, -0.25) is 4.40 Å². The highest BCUT2D eigenvalue weighted by Gasteiger charge is 2.14. The molecule has 0 fully saturated rings. The van der Waals surface area contributed by atoms with Crippen molar-refractivity contribution in [2.24, 2.45) is 0 Å². The van der Waals surface area contributed by atoms with E-state index in [0.29, 0.717) is 0 Å². The van der Waals surface area contributed by atoms with Gasteiger partial charge < -0.3 is 4.57 Å². The van der Waals surface area contributed by atoms with Crippen LogP contribution in [0.15, 0.2) is 48.0 Å². The molecule has 1 aromatic carbocycles. The molecule has 4 rings (SSSR count). The second-order valence-corrected chi connectivity index (χ2v) is 5.86. The molecule has 20 heavy (non-hydrogen) atoms. The molecular weight excluding hydrogens is 266 g/mol. The molecule has 0 unspecified atom stereocenters. The van der Waals surface area contributed by atoms with Gasteiger partial charge in [-0.2, -0.15) is 0 Å². The van der Waals surface area contributed by atoms with Crippen molar-refractivity contribution in [2.45, 2.75) is 19.9 Å². The van der Waals surface area contributed by atoms with Gasteiger partial charge in [0.2, 0.25) is 5.78 Å². The Morgan fingerprint density at radius 1 is 1.10 bits per heavy atom. The second kappa shape index (κ2) is 4.49. The first-order valence-electron chi connectivity index (χ1n) is 6.88. The molecule has 0 N–H and O–H groups in total. The van der Waals surface area contributed by atoms with Gasteiger partial charge in [0, 0.05) is 12.7 Å². The number of hydrogen-bond acceptors (Lipinski definition) is 2. The highest BCUT2D eigenvalue weighted by molar-refractivity contribution is 7.13. The van der Waals surface area contributed by atoms with E-state index in [4.69, 9.17) is 4.98 Å². The molecule has 0 aliphatic heterocycles. The monoisotopic (exact) mass is 281 g/mol. The van der Waals surface area contributed by atoms with Crippen LogP contribution in [0.4, 0.5) is 0 Å². The first kappa shape index (κ1) is 11.7. The number of aryl methyl sites for hydroxylation is 1. The van der Waals surface area contributed by atoms with Gasteiger partial charge in [0.1, 0.15) is 5.69 Å². The van der Waals surface area contributed by atoms with Crippen LogP contribution in [0, 0.1) is 0 Å². The average molecular weight is 281 g/mol. The Bertz CT molecular complexity index is 868. The van der Waals surface area contributed by atoms with Crippen molar-refractivity contribution in [1.82, 2.24) is 14.0 Å². The van der Waals surface area contributed by atoms with Gasteiger partial charge in [0.25, 0.3) is 0 Å². The Hall–Kier alpha value is -2.07. The lowest BCUT2D eigenvalue weighted by molar-refractivity contribution is 0.712. The van der Waals surface area contributed by atoms with Crippen LogP contribution in [-0.2, 0) is 6.54 Å². The molecule has 3 heterocycles. The molecule has 4 heteroatoms. The largest absolute Gasteiger partial charge is 0.310 e. The van der Waals surface area contributed by atoms with E-state index < -0.39 is 0 Å². The number of thiophene rings is 1. The third-order valence-corrected chi connectivity index (χ3v) is 4.47. The summed E-state index contributed by atoms with van der Waals surface area (Å²) in [4.78, 5) is 6.07. The predicted molar refractivity (Wildman–Crippen MR) is 84.3 cm³/mol. The van der Waals surface area contributed by atoms with Gasteiger partial charge in [-0.05, 0) is 30.0 Å². The van der Waals surface area contributed by atoms with E-state index in [1.165, 1.54) is 15.9 Å². The number of fused-ring (bicyclic) bond motifs is 3. The molecule has 4 aromatic rings. The highest BCUT2D eigenvalue weighted by atomic mass is 32.1. The lowest BCUT2D eigenvalue weighted by Gasteiger charge is -2.01. The summed E-state index contributed by atoms with van der Waals surface area (Å²) in [5, 5.41) is 2.09. The summed E-state index contributed by atoms with van der Waals surface area (Å²) in [5.41, 5.74) is 3.55. The van der Waals surface area contributed by atoms with Crippen LogP contribution in [-0.4, -0.2) is 14.0 Å². The Labute approximate surface area is 121 Å². The minimum atomic E-state index is 0.998. The van der Waals surface area contributed by atoms with Crippen molar-refractivity contribution in [1.29, 1.82) is 0 Å². The third-order valence-electron chi connectivity index (χ3n) is 3.58. The Kier molecular flexibility index (Phi) is 2.63. The van der Waals surface area contributed by atoms with Crippen LogP contribution in [0.1, 0.15) is 13.3 Å². The van der Waals surface area contributed by atoms with Gasteiger partial charge >= 0.3 is 0 Å². The molecule has 3 nitrogen and oxygen atoms in total. The number of rotatable bonds is 3. The van der Waals surface area contributed by atoms with Gasteiger partial charge in [0.05, 0.1) is 15.9 Å². The standard InChI is InChI=1S/C16H15N3S/c1-2-9-18-13-6-3-4-7-14(13)19-11-12(17-16(18)19)15-8-5-10-20-15/h3-8,10-11H,2,9H2,1H3. The third kappa shape index (κ3) is 1.61. The number of nitrogens with zero attached hydrogens (tertiary/aromatic N) is 3. The predicted octanol–water partition coefficient (Wildman–Crippen LogP) is 4.43. The molecule has 0 aliphatic carbocycles. The summed E-state index contributed by atoms with van der Waals surface area (Å²) in [5.74, 6) is 1.04. The van der Waals surface area contributed by atoms with Gasteiger partial charge in [-0.1, -0.05) is 25.1 Å². The van der Waals surface area contributed by atoms with Crippen LogP contribution >= 0.6 is 11.3 Å². The number of imidazole rings is 2. The summed E-state index contributed by atoms with van der Waals surface area (Å²) in [6, 6.07) is 12.7. The molecule has 100 valence electrons. The number of aromatic nitrogens is 3. The molecule has 0 spiro atoms. The lowest BCUT2D eigenvalue weighted by atomic mass is 10.3. The van der Waals surface area contributed by atoms with E-state index in [1.54, 1.807) is 11.3 Å². The molecule has 0 aliphatic rings. The van der Waals surface area contributed by atoms with Gasteiger partial charge in [-0.15, -0.1) is 11.3 Å². The summed E-state index contributed by atoms with van der Waals surface area (Å²) in [6.45, 7) is 3.20. The molecule has 0 radical (unpaired) electrons. The average Bonchev–Trinajstić information content (AvgIpc) is 3.16. The van der Waals surface area contributed by atoms with E-state index in [-0.39, 0.29) is 0 Å². The first-order valence-corrected chi connectivity index (χ1v) is 7.76. The van der Waals surface area contributed by atoms with Crippen molar-refractivity contribution in [3.05, 3.63) is 48.0 Å². The molecule has 0 saturated carbocycles. The maximum absolute atomic E-state index is 4.85. The van der Waals surface area contributed by atoms with Crippen LogP contribution in [0.25, 0.3) is 27.4 Å². The number of hydrogen-bond donors (Lipinski definition) is 0. The molecular formula is C16H15N3S. The van der Waals surface area contributed by atoms with E-state index in [2.05, 4.69) is 63.9 Å². The molecule has 3 aromatic heterocycles. The zero-order valence-corrected chi connectivity index (χ0v) is 12.1. The van der Waals surface area contributed by atoms with E-state index in [1.807, 2.05) is 0 Å². The summed E-state index contributed by atoms with van der Waals surface area (Å²) < 4.78 is 4.52. The zero-order valence-electron chi connectivity index (χ0n) is 11.3. The van der Waals surface area contributed by atoms with Crippen molar-refractivity contribution in [3.63, 3.8) is 0 Å². The maximum atomic E-state index is 4.85. The van der Waals surface area contributed by atoms with E-state index in [9.17, 15) is 0 Å². The van der Waals surface area contributed by atoms with Gasteiger partial charge in [0.15, 0.2) is 0 Å². The van der Waals surface area contributed by atoms with E-state index in [0.717, 1.165) is 24.4 Å². The quantitative estimate of drug-likeness (QED) is 0.544. The summed E-state index contributed by atoms with van der Waals surface area (Å²) in [7, 11) is 0. The molecule has 0 atom stereocenters. The van der Waals surface area contributed by atoms with Crippen LogP contribution in [0.3, 0.4) is 0 Å². The Morgan fingerprint density at radius 3 is 2.70 bits per heavy atom. The zero-order chi connectivity index (χ0) is 13.5. The van der Waals surface area contributed by atoms with Gasteiger partial charge in [-0.25, -0.2) is 4.98 Å². The molecule has 0 saturated heterocycles. The smallest absolute Gasteiger partial charge is 0.215 e. The molecule has 0 amide bonds. The number of benzene rings is 1. The fraction of sp³-hybridized carbons (Fsp3) is 0.188. The van der Waals surface area contributed by atoms with Crippen LogP contribution < -0.4 is 0 Å². The lowest BCUT2D eigenvalue weighted by Crippen LogP contribution is -1.97. The van der Waals surface area contributed by atoms with Crippen LogP contribution in [0.5, 0.6) is 0 Å².